The number of hydrogen-bond donors (Lipinski definition) is 1. The second-order valence-corrected chi connectivity index (χ2v) is 7.05. The number of nitrogens with two attached hydrogens (primary N) is 1. The third-order valence-electron chi connectivity index (χ3n) is 6.10. The molecule has 1 unspecified atom stereocenters. The van der Waals surface area contributed by atoms with Crippen molar-refractivity contribution in [3.8, 4) is 0 Å². The summed E-state index contributed by atoms with van der Waals surface area (Å²) in [7, 11) is 4.02. The molecule has 0 aliphatic heterocycles. The molecule has 0 radical (unpaired) electrons. The third kappa shape index (κ3) is 2.98. The molecule has 0 amide bonds. The van der Waals surface area contributed by atoms with Gasteiger partial charge in [-0.3, -0.25) is 4.90 Å². The second kappa shape index (κ2) is 6.11. The Labute approximate surface area is 118 Å². The van der Waals surface area contributed by atoms with E-state index in [9.17, 15) is 0 Å². The van der Waals surface area contributed by atoms with Crippen LogP contribution in [0.1, 0.15) is 58.3 Å². The first-order chi connectivity index (χ1) is 9.07. The molecule has 0 aromatic carbocycles. The molecule has 2 aliphatic rings. The average Bonchev–Trinajstić information content (AvgIpc) is 2.88. The van der Waals surface area contributed by atoms with Gasteiger partial charge >= 0.3 is 0 Å². The molecule has 3 heteroatoms. The van der Waals surface area contributed by atoms with E-state index in [0.717, 1.165) is 13.2 Å². The summed E-state index contributed by atoms with van der Waals surface area (Å²) in [6.07, 6.45) is 11.1. The summed E-state index contributed by atoms with van der Waals surface area (Å²) in [4.78, 5) is 2.50. The molecular formula is C16H32N2O. The standard InChI is InChI=1S/C16H32N2O/c1-14(12-19-3)18(2)16(13-17)10-8-15(9-11-16)6-4-5-7-15/h14H,4-13,17H2,1-3H3. The topological polar surface area (TPSA) is 38.5 Å². The second-order valence-electron chi connectivity index (χ2n) is 7.05. The molecule has 0 aromatic heterocycles. The summed E-state index contributed by atoms with van der Waals surface area (Å²) >= 11 is 0. The Kier molecular flexibility index (Phi) is 4.91. The highest BCUT2D eigenvalue weighted by molar-refractivity contribution is 5.01. The van der Waals surface area contributed by atoms with E-state index in [2.05, 4.69) is 18.9 Å². The predicted molar refractivity (Wildman–Crippen MR) is 80.3 cm³/mol. The van der Waals surface area contributed by atoms with Gasteiger partial charge in [-0.15, -0.1) is 0 Å². The van der Waals surface area contributed by atoms with Gasteiger partial charge in [0.15, 0.2) is 0 Å². The molecular weight excluding hydrogens is 236 g/mol. The Morgan fingerprint density at radius 2 is 1.68 bits per heavy atom. The van der Waals surface area contributed by atoms with Crippen LogP contribution in [0.25, 0.3) is 0 Å². The van der Waals surface area contributed by atoms with Gasteiger partial charge in [0.05, 0.1) is 6.61 Å². The van der Waals surface area contributed by atoms with Gasteiger partial charge in [0.25, 0.3) is 0 Å². The molecule has 0 aromatic rings. The van der Waals surface area contributed by atoms with Crippen molar-refractivity contribution in [1.29, 1.82) is 0 Å². The summed E-state index contributed by atoms with van der Waals surface area (Å²) in [5.74, 6) is 0. The van der Waals surface area contributed by atoms with Gasteiger partial charge < -0.3 is 10.5 Å². The number of likely N-dealkylation sites (N-methyl/N-ethyl adjacent to an activating group) is 1. The van der Waals surface area contributed by atoms with Crippen LogP contribution in [0, 0.1) is 5.41 Å². The Hall–Kier alpha value is -0.120. The molecule has 2 rings (SSSR count). The fourth-order valence-electron chi connectivity index (χ4n) is 4.39. The van der Waals surface area contributed by atoms with Crippen molar-refractivity contribution in [3.63, 3.8) is 0 Å². The fourth-order valence-corrected chi connectivity index (χ4v) is 4.39. The lowest BCUT2D eigenvalue weighted by molar-refractivity contribution is -0.0116. The molecule has 0 bridgehead atoms. The maximum absolute atomic E-state index is 6.18. The van der Waals surface area contributed by atoms with Crippen LogP contribution < -0.4 is 5.73 Å². The summed E-state index contributed by atoms with van der Waals surface area (Å²) in [6.45, 7) is 3.83. The fraction of sp³-hybridized carbons (Fsp3) is 1.00. The predicted octanol–water partition coefficient (Wildman–Crippen LogP) is 2.79. The van der Waals surface area contributed by atoms with Crippen LogP contribution in [0.3, 0.4) is 0 Å². The van der Waals surface area contributed by atoms with E-state index in [-0.39, 0.29) is 5.54 Å². The summed E-state index contributed by atoms with van der Waals surface area (Å²) in [6, 6.07) is 0.450. The summed E-state index contributed by atoms with van der Waals surface area (Å²) in [5.41, 5.74) is 7.08. The van der Waals surface area contributed by atoms with Gasteiger partial charge in [0.2, 0.25) is 0 Å². The van der Waals surface area contributed by atoms with Crippen LogP contribution in [0.2, 0.25) is 0 Å². The highest BCUT2D eigenvalue weighted by atomic mass is 16.5. The van der Waals surface area contributed by atoms with Gasteiger partial charge in [-0.05, 0) is 57.9 Å². The Bertz CT molecular complexity index is 276. The minimum atomic E-state index is 0.214. The first-order valence-corrected chi connectivity index (χ1v) is 7.99. The van der Waals surface area contributed by atoms with E-state index in [0.29, 0.717) is 11.5 Å². The largest absolute Gasteiger partial charge is 0.383 e. The number of hydrogen-bond acceptors (Lipinski definition) is 3. The maximum Gasteiger partial charge on any atom is 0.0615 e. The van der Waals surface area contributed by atoms with Crippen molar-refractivity contribution < 1.29 is 4.74 Å². The van der Waals surface area contributed by atoms with Crippen molar-refractivity contribution in [1.82, 2.24) is 4.90 Å². The molecule has 3 nitrogen and oxygen atoms in total. The van der Waals surface area contributed by atoms with Crippen LogP contribution in [0.4, 0.5) is 0 Å². The Morgan fingerprint density at radius 3 is 2.16 bits per heavy atom. The van der Waals surface area contributed by atoms with E-state index in [1.165, 1.54) is 51.4 Å². The molecule has 19 heavy (non-hydrogen) atoms. The monoisotopic (exact) mass is 268 g/mol. The number of methoxy groups -OCH3 is 1. The number of rotatable bonds is 5. The van der Waals surface area contributed by atoms with E-state index >= 15 is 0 Å². The van der Waals surface area contributed by atoms with Gasteiger partial charge in [0.1, 0.15) is 0 Å². The lowest BCUT2D eigenvalue weighted by Crippen LogP contribution is -2.58. The van der Waals surface area contributed by atoms with E-state index in [1.54, 1.807) is 7.11 Å². The van der Waals surface area contributed by atoms with Gasteiger partial charge in [-0.1, -0.05) is 12.8 Å². The van der Waals surface area contributed by atoms with E-state index in [1.807, 2.05) is 0 Å². The third-order valence-corrected chi connectivity index (χ3v) is 6.10. The van der Waals surface area contributed by atoms with Gasteiger partial charge in [0, 0.05) is 25.2 Å². The molecule has 2 aliphatic carbocycles. The van der Waals surface area contributed by atoms with Crippen molar-refractivity contribution in [2.75, 3.05) is 27.3 Å². The maximum atomic E-state index is 6.18. The Balaban J connectivity index is 2.00. The highest BCUT2D eigenvalue weighted by Crippen LogP contribution is 2.52. The quantitative estimate of drug-likeness (QED) is 0.833. The van der Waals surface area contributed by atoms with Gasteiger partial charge in [-0.2, -0.15) is 0 Å². The van der Waals surface area contributed by atoms with Crippen LogP contribution in [0.15, 0.2) is 0 Å². The highest BCUT2D eigenvalue weighted by Gasteiger charge is 2.45. The normalized spacial score (nSPS) is 27.0. The zero-order chi connectivity index (χ0) is 13.9. The lowest BCUT2D eigenvalue weighted by atomic mass is 9.65. The molecule has 1 spiro atoms. The molecule has 2 fully saturated rings. The molecule has 1 atom stereocenters. The minimum absolute atomic E-state index is 0.214. The summed E-state index contributed by atoms with van der Waals surface area (Å²) in [5, 5.41) is 0. The van der Waals surface area contributed by atoms with Crippen molar-refractivity contribution in [3.05, 3.63) is 0 Å². The van der Waals surface area contributed by atoms with E-state index in [4.69, 9.17) is 10.5 Å². The first kappa shape index (κ1) is 15.3. The van der Waals surface area contributed by atoms with Gasteiger partial charge in [-0.25, -0.2) is 0 Å². The van der Waals surface area contributed by atoms with Crippen molar-refractivity contribution >= 4 is 0 Å². The smallest absolute Gasteiger partial charge is 0.0615 e. The first-order valence-electron chi connectivity index (χ1n) is 7.99. The number of nitrogens with zero attached hydrogens (tertiary/aromatic N) is 1. The van der Waals surface area contributed by atoms with Crippen molar-refractivity contribution in [2.45, 2.75) is 69.9 Å². The van der Waals surface area contributed by atoms with Crippen LogP contribution in [-0.4, -0.2) is 43.8 Å². The SMILES string of the molecule is COCC(C)N(C)C1(CN)CCC2(CCCC2)CC1. The van der Waals surface area contributed by atoms with Crippen LogP contribution in [0.5, 0.6) is 0 Å². The number of ether oxygens (including phenoxy) is 1. The lowest BCUT2D eigenvalue weighted by Gasteiger charge is -2.51. The molecule has 112 valence electrons. The van der Waals surface area contributed by atoms with E-state index < -0.39 is 0 Å². The zero-order valence-corrected chi connectivity index (χ0v) is 13.1. The molecule has 0 heterocycles. The minimum Gasteiger partial charge on any atom is -0.383 e. The molecule has 2 N–H and O–H groups in total. The van der Waals surface area contributed by atoms with Crippen LogP contribution in [-0.2, 0) is 4.74 Å². The zero-order valence-electron chi connectivity index (χ0n) is 13.1. The molecule has 0 saturated heterocycles. The van der Waals surface area contributed by atoms with Crippen LogP contribution >= 0.6 is 0 Å². The Morgan fingerprint density at radius 1 is 1.11 bits per heavy atom. The molecule has 2 saturated carbocycles. The van der Waals surface area contributed by atoms with Crippen molar-refractivity contribution in [2.24, 2.45) is 11.1 Å². The average molecular weight is 268 g/mol. The summed E-state index contributed by atoms with van der Waals surface area (Å²) < 4.78 is 5.32.